The van der Waals surface area contributed by atoms with Gasteiger partial charge in [0.25, 0.3) is 0 Å². The largest absolute Gasteiger partial charge is 0.361 e. The molecule has 4 nitrogen and oxygen atoms in total. The number of hydrogen-bond donors (Lipinski definition) is 1. The summed E-state index contributed by atoms with van der Waals surface area (Å²) in [5.41, 5.74) is 5.26. The highest BCUT2D eigenvalue weighted by molar-refractivity contribution is 6.02. The van der Waals surface area contributed by atoms with Gasteiger partial charge in [-0.3, -0.25) is 14.2 Å². The molecule has 2 aromatic carbocycles. The number of benzene rings is 2. The number of rotatable bonds is 4. The lowest BCUT2D eigenvalue weighted by Gasteiger charge is -2.13. The zero-order valence-corrected chi connectivity index (χ0v) is 14.1. The van der Waals surface area contributed by atoms with Crippen LogP contribution in [0.25, 0.3) is 21.8 Å². The molecular weight excluding hydrogens is 312 g/mol. The smallest absolute Gasteiger partial charge is 0.218 e. The molecule has 25 heavy (non-hydrogen) atoms. The van der Waals surface area contributed by atoms with Crippen molar-refractivity contribution in [2.75, 3.05) is 0 Å². The first-order chi connectivity index (χ1) is 12.2. The molecule has 2 heterocycles. The Kier molecular flexibility index (Phi) is 3.53. The van der Waals surface area contributed by atoms with Crippen molar-refractivity contribution in [2.24, 2.45) is 0 Å². The molecule has 2 aromatic heterocycles. The first kappa shape index (κ1) is 15.4. The van der Waals surface area contributed by atoms with Crippen LogP contribution in [0.15, 0.2) is 48.7 Å². The summed E-state index contributed by atoms with van der Waals surface area (Å²) in [6, 6.07) is 13.9. The second kappa shape index (κ2) is 5.74. The van der Waals surface area contributed by atoms with Crippen LogP contribution in [0.1, 0.15) is 40.0 Å². The van der Waals surface area contributed by atoms with Crippen LogP contribution in [0.4, 0.5) is 0 Å². The molecule has 1 unspecified atom stereocenters. The number of hydrogen-bond acceptors (Lipinski definition) is 2. The van der Waals surface area contributed by atoms with Crippen LogP contribution in [-0.2, 0) is 4.79 Å². The molecule has 0 aliphatic carbocycles. The van der Waals surface area contributed by atoms with Crippen LogP contribution in [0, 0.1) is 6.92 Å². The summed E-state index contributed by atoms with van der Waals surface area (Å²) >= 11 is 0. The van der Waals surface area contributed by atoms with E-state index in [1.54, 1.807) is 4.57 Å². The Morgan fingerprint density at radius 2 is 1.88 bits per heavy atom. The fourth-order valence-corrected chi connectivity index (χ4v) is 3.75. The Balaban J connectivity index is 2.02. The van der Waals surface area contributed by atoms with Crippen LogP contribution in [0.5, 0.6) is 0 Å². The molecule has 4 aromatic rings. The number of carbonyl (C=O) groups excluding carboxylic acids is 2. The quantitative estimate of drug-likeness (QED) is 0.563. The first-order valence-corrected chi connectivity index (χ1v) is 8.26. The third-order valence-corrected chi connectivity index (χ3v) is 4.96. The highest BCUT2D eigenvalue weighted by atomic mass is 16.1. The molecule has 1 N–H and O–H groups in total. The van der Waals surface area contributed by atoms with Gasteiger partial charge >= 0.3 is 0 Å². The third-order valence-electron chi connectivity index (χ3n) is 4.96. The van der Waals surface area contributed by atoms with Crippen LogP contribution < -0.4 is 0 Å². The van der Waals surface area contributed by atoms with Gasteiger partial charge < -0.3 is 4.98 Å². The first-order valence-electron chi connectivity index (χ1n) is 8.26. The van der Waals surface area contributed by atoms with Crippen molar-refractivity contribution in [1.29, 1.82) is 0 Å². The van der Waals surface area contributed by atoms with Crippen molar-refractivity contribution in [3.05, 3.63) is 71.0 Å². The van der Waals surface area contributed by atoms with Crippen molar-refractivity contribution in [2.45, 2.75) is 19.8 Å². The highest BCUT2D eigenvalue weighted by Crippen LogP contribution is 2.36. The molecule has 0 radical (unpaired) electrons. The Morgan fingerprint density at radius 3 is 2.64 bits per heavy atom. The van der Waals surface area contributed by atoms with E-state index in [-0.39, 0.29) is 5.92 Å². The average molecular weight is 330 g/mol. The number of aryl methyl sites for hydroxylation is 1. The van der Waals surface area contributed by atoms with Gasteiger partial charge in [0.1, 0.15) is 0 Å². The molecule has 4 heteroatoms. The van der Waals surface area contributed by atoms with Crippen LogP contribution in [0.3, 0.4) is 0 Å². The molecule has 0 amide bonds. The van der Waals surface area contributed by atoms with E-state index in [9.17, 15) is 9.59 Å². The molecule has 0 fully saturated rings. The van der Waals surface area contributed by atoms with Crippen molar-refractivity contribution in [1.82, 2.24) is 9.55 Å². The molecular formula is C21H18N2O2. The number of carbonyl (C=O) groups is 2. The van der Waals surface area contributed by atoms with Crippen molar-refractivity contribution >= 4 is 34.5 Å². The van der Waals surface area contributed by atoms with Gasteiger partial charge in [-0.25, -0.2) is 0 Å². The number of nitrogens with zero attached hydrogens (tertiary/aromatic N) is 1. The van der Waals surface area contributed by atoms with Gasteiger partial charge in [0.2, 0.25) is 6.41 Å². The molecule has 0 saturated carbocycles. The van der Waals surface area contributed by atoms with E-state index in [1.165, 1.54) is 0 Å². The minimum atomic E-state index is -0.103. The average Bonchev–Trinajstić information content (AvgIpc) is 3.19. The molecule has 1 atom stereocenters. The molecule has 0 aliphatic heterocycles. The summed E-state index contributed by atoms with van der Waals surface area (Å²) in [4.78, 5) is 27.0. The molecule has 0 spiro atoms. The number of H-pyrrole nitrogens is 1. The molecule has 0 aliphatic rings. The lowest BCUT2D eigenvalue weighted by Crippen LogP contribution is -2.08. The number of aromatic nitrogens is 2. The topological polar surface area (TPSA) is 54.9 Å². The molecule has 0 saturated heterocycles. The summed E-state index contributed by atoms with van der Waals surface area (Å²) in [7, 11) is 0. The van der Waals surface area contributed by atoms with E-state index in [1.807, 2.05) is 56.4 Å². The normalized spacial score (nSPS) is 12.6. The monoisotopic (exact) mass is 330 g/mol. The minimum absolute atomic E-state index is 0.103. The van der Waals surface area contributed by atoms with Crippen LogP contribution in [-0.4, -0.2) is 22.2 Å². The van der Waals surface area contributed by atoms with Gasteiger partial charge in [-0.15, -0.1) is 0 Å². The van der Waals surface area contributed by atoms with E-state index in [2.05, 4.69) is 11.1 Å². The Morgan fingerprint density at radius 1 is 1.08 bits per heavy atom. The van der Waals surface area contributed by atoms with Crippen molar-refractivity contribution in [3.63, 3.8) is 0 Å². The summed E-state index contributed by atoms with van der Waals surface area (Å²) in [6.07, 6.45) is 3.62. The Labute approximate surface area is 145 Å². The van der Waals surface area contributed by atoms with Gasteiger partial charge in [-0.05, 0) is 30.7 Å². The fraction of sp³-hybridized carbons (Fsp3) is 0.143. The Bertz CT molecular complexity index is 1120. The predicted molar refractivity (Wildman–Crippen MR) is 100 cm³/mol. The van der Waals surface area contributed by atoms with Gasteiger partial charge in [0.15, 0.2) is 6.29 Å². The maximum Gasteiger partial charge on any atom is 0.218 e. The van der Waals surface area contributed by atoms with Crippen molar-refractivity contribution in [3.8, 4) is 0 Å². The zero-order chi connectivity index (χ0) is 17.6. The fourth-order valence-electron chi connectivity index (χ4n) is 3.75. The van der Waals surface area contributed by atoms with E-state index < -0.39 is 0 Å². The second-order valence-electron chi connectivity index (χ2n) is 6.42. The number of para-hydroxylation sites is 1. The second-order valence-corrected chi connectivity index (χ2v) is 6.42. The molecule has 124 valence electrons. The standard InChI is InChI=1S/C21H18N2O2/c1-13-7-8-20-16(9-13)18(11-24)21(23(20)12-25)14(2)17-10-22-19-6-4-3-5-15(17)19/h3-12,14,22H,1-2H3. The number of nitrogens with one attached hydrogen (secondary N) is 1. The highest BCUT2D eigenvalue weighted by Gasteiger charge is 2.24. The summed E-state index contributed by atoms with van der Waals surface area (Å²) in [5, 5.41) is 1.93. The number of fused-ring (bicyclic) bond motifs is 2. The summed E-state index contributed by atoms with van der Waals surface area (Å²) in [6.45, 7) is 4.01. The lowest BCUT2D eigenvalue weighted by atomic mass is 9.94. The van der Waals surface area contributed by atoms with Gasteiger partial charge in [0.05, 0.1) is 5.52 Å². The van der Waals surface area contributed by atoms with Crippen LogP contribution >= 0.6 is 0 Å². The van der Waals surface area contributed by atoms with E-state index in [4.69, 9.17) is 0 Å². The van der Waals surface area contributed by atoms with Crippen molar-refractivity contribution < 1.29 is 9.59 Å². The summed E-state index contributed by atoms with van der Waals surface area (Å²) < 4.78 is 1.60. The lowest BCUT2D eigenvalue weighted by molar-refractivity contribution is 0.112. The number of aromatic amines is 1. The zero-order valence-electron chi connectivity index (χ0n) is 14.1. The predicted octanol–water partition coefficient (Wildman–Crippen LogP) is 4.43. The maximum absolute atomic E-state index is 11.9. The SMILES string of the molecule is Cc1ccc2c(c1)c(C=O)c(C(C)c1c[nH]c3ccccc13)n2C=O. The van der Waals surface area contributed by atoms with E-state index in [0.717, 1.165) is 51.3 Å². The molecule has 0 bridgehead atoms. The van der Waals surface area contributed by atoms with Gasteiger partial charge in [-0.1, -0.05) is 36.8 Å². The van der Waals surface area contributed by atoms with E-state index in [0.29, 0.717) is 5.56 Å². The number of aldehydes is 1. The minimum Gasteiger partial charge on any atom is -0.361 e. The van der Waals surface area contributed by atoms with Gasteiger partial charge in [0, 0.05) is 39.7 Å². The van der Waals surface area contributed by atoms with E-state index >= 15 is 0 Å². The maximum atomic E-state index is 11.9. The molecule has 4 rings (SSSR count). The Hall–Kier alpha value is -3.14. The third kappa shape index (κ3) is 2.22. The summed E-state index contributed by atoms with van der Waals surface area (Å²) in [5.74, 6) is -0.103. The van der Waals surface area contributed by atoms with Crippen LogP contribution in [0.2, 0.25) is 0 Å². The van der Waals surface area contributed by atoms with Gasteiger partial charge in [-0.2, -0.15) is 0 Å².